The number of amides is 1. The molecule has 0 saturated carbocycles. The van der Waals surface area contributed by atoms with Gasteiger partial charge in [0.05, 0.1) is 10.3 Å². The molecule has 0 radical (unpaired) electrons. The molecular formula is C21H25N5O6S. The largest absolute Gasteiger partial charge is 0.493 e. The van der Waals surface area contributed by atoms with Crippen LogP contribution >= 0.6 is 11.3 Å². The van der Waals surface area contributed by atoms with Gasteiger partial charge in [-0.15, -0.1) is 11.3 Å². The van der Waals surface area contributed by atoms with Gasteiger partial charge < -0.3 is 30.5 Å². The van der Waals surface area contributed by atoms with Crippen molar-refractivity contribution >= 4 is 40.2 Å². The third-order valence-electron chi connectivity index (χ3n) is 5.02. The number of hydrogen-bond donors (Lipinski definition) is 5. The molecule has 1 amide bonds. The number of likely N-dealkylation sites (N-methyl/N-ethyl adjacent to an activating group) is 1. The lowest BCUT2D eigenvalue weighted by Gasteiger charge is -2.20. The molecule has 0 spiro atoms. The van der Waals surface area contributed by atoms with Crippen molar-refractivity contribution in [3.63, 3.8) is 0 Å². The highest BCUT2D eigenvalue weighted by Crippen LogP contribution is 2.37. The van der Waals surface area contributed by atoms with Crippen LogP contribution in [0.4, 0.5) is 0 Å². The molecule has 0 aliphatic carbocycles. The molecule has 0 fully saturated rings. The highest BCUT2D eigenvalue weighted by Gasteiger charge is 2.26. The number of aryl methyl sites for hydroxylation is 1. The molecule has 0 saturated heterocycles. The Balaban J connectivity index is 1.90. The standard InChI is InChI=1S/C21H25N5O6S/c1-10-23-18-17(20(30)24-10)11(8-22-18)12(9-26(2)3)14-5-6-15(33-14)19(29)25-13(21(31)32)4-7-16(27)28/h5-6,8,12-13H,4,7,9H2,1-3H3,(H,25,29)(H,27,28)(H,31,32)(H2,22,23,24,30)/t12?,13-/m0/s1. The predicted octanol–water partition coefficient (Wildman–Crippen LogP) is 1.77. The van der Waals surface area contributed by atoms with Gasteiger partial charge in [0.1, 0.15) is 17.5 Å². The zero-order valence-corrected chi connectivity index (χ0v) is 19.1. The fourth-order valence-corrected chi connectivity index (χ4v) is 4.57. The zero-order valence-electron chi connectivity index (χ0n) is 18.3. The van der Waals surface area contributed by atoms with E-state index < -0.39 is 23.9 Å². The van der Waals surface area contributed by atoms with Crippen molar-refractivity contribution in [2.75, 3.05) is 20.6 Å². The average molecular weight is 476 g/mol. The monoisotopic (exact) mass is 475 g/mol. The van der Waals surface area contributed by atoms with E-state index in [1.807, 2.05) is 19.0 Å². The minimum atomic E-state index is -1.30. The first kappa shape index (κ1) is 24.1. The zero-order chi connectivity index (χ0) is 24.3. The fraction of sp³-hybridized carbons (Fsp3) is 0.381. The average Bonchev–Trinajstić information content (AvgIpc) is 3.36. The normalized spacial score (nSPS) is 13.2. The second-order valence-electron chi connectivity index (χ2n) is 7.88. The summed E-state index contributed by atoms with van der Waals surface area (Å²) in [5, 5.41) is 31.4. The van der Waals surface area contributed by atoms with Crippen LogP contribution in [0.2, 0.25) is 0 Å². The molecule has 5 N–H and O–H groups in total. The van der Waals surface area contributed by atoms with E-state index in [-0.39, 0.29) is 24.6 Å². The summed E-state index contributed by atoms with van der Waals surface area (Å²) in [6.45, 7) is 2.25. The number of aromatic hydroxyl groups is 1. The van der Waals surface area contributed by atoms with Gasteiger partial charge in [0.25, 0.3) is 5.91 Å². The van der Waals surface area contributed by atoms with Gasteiger partial charge in [-0.25, -0.2) is 9.78 Å². The summed E-state index contributed by atoms with van der Waals surface area (Å²) in [6, 6.07) is 2.08. The Morgan fingerprint density at radius 3 is 2.58 bits per heavy atom. The van der Waals surface area contributed by atoms with E-state index in [4.69, 9.17) is 5.11 Å². The fourth-order valence-electron chi connectivity index (χ4n) is 3.54. The maximum Gasteiger partial charge on any atom is 0.326 e. The summed E-state index contributed by atoms with van der Waals surface area (Å²) in [4.78, 5) is 49.4. The summed E-state index contributed by atoms with van der Waals surface area (Å²) < 4.78 is 0. The Morgan fingerprint density at radius 1 is 1.21 bits per heavy atom. The molecule has 33 heavy (non-hydrogen) atoms. The van der Waals surface area contributed by atoms with Crippen molar-refractivity contribution in [2.45, 2.75) is 31.7 Å². The number of aliphatic carboxylic acids is 2. The van der Waals surface area contributed by atoms with Crippen LogP contribution in [-0.2, 0) is 9.59 Å². The number of nitrogens with one attached hydrogen (secondary N) is 2. The lowest BCUT2D eigenvalue weighted by atomic mass is 9.97. The Labute approximate surface area is 193 Å². The molecule has 11 nitrogen and oxygen atoms in total. The summed E-state index contributed by atoms with van der Waals surface area (Å²) in [7, 11) is 3.81. The highest BCUT2D eigenvalue weighted by molar-refractivity contribution is 7.14. The summed E-state index contributed by atoms with van der Waals surface area (Å²) in [5.74, 6) is -2.94. The number of nitrogens with zero attached hydrogens (tertiary/aromatic N) is 3. The maximum atomic E-state index is 12.7. The number of carboxylic acids is 2. The first-order chi connectivity index (χ1) is 15.6. The number of H-pyrrole nitrogens is 1. The quantitative estimate of drug-likeness (QED) is 0.293. The van der Waals surface area contributed by atoms with Crippen LogP contribution in [-0.4, -0.2) is 79.7 Å². The van der Waals surface area contributed by atoms with E-state index in [0.717, 1.165) is 10.4 Å². The number of fused-ring (bicyclic) bond motifs is 1. The molecule has 0 bridgehead atoms. The molecule has 3 aromatic heterocycles. The molecule has 3 aromatic rings. The molecule has 0 aliphatic heterocycles. The minimum Gasteiger partial charge on any atom is -0.493 e. The third kappa shape index (κ3) is 5.65. The number of aromatic amines is 1. The van der Waals surface area contributed by atoms with Crippen LogP contribution in [0, 0.1) is 6.92 Å². The molecule has 12 heteroatoms. The van der Waals surface area contributed by atoms with Gasteiger partial charge in [0.2, 0.25) is 5.88 Å². The Morgan fingerprint density at radius 2 is 1.94 bits per heavy atom. The molecule has 176 valence electrons. The van der Waals surface area contributed by atoms with Crippen LogP contribution in [0.1, 0.15) is 44.7 Å². The molecule has 2 atom stereocenters. The predicted molar refractivity (Wildman–Crippen MR) is 121 cm³/mol. The van der Waals surface area contributed by atoms with E-state index in [2.05, 4.69) is 20.3 Å². The number of carbonyl (C=O) groups excluding carboxylic acids is 1. The van der Waals surface area contributed by atoms with Gasteiger partial charge in [-0.05, 0) is 45.1 Å². The molecule has 3 rings (SSSR count). The highest BCUT2D eigenvalue weighted by atomic mass is 32.1. The topological polar surface area (TPSA) is 169 Å². The number of thiophene rings is 1. The van der Waals surface area contributed by atoms with Crippen molar-refractivity contribution in [3.05, 3.63) is 39.5 Å². The molecule has 0 aliphatic rings. The van der Waals surface area contributed by atoms with E-state index in [0.29, 0.717) is 28.3 Å². The van der Waals surface area contributed by atoms with Gasteiger partial charge in [-0.1, -0.05) is 0 Å². The summed E-state index contributed by atoms with van der Waals surface area (Å²) >= 11 is 1.20. The summed E-state index contributed by atoms with van der Waals surface area (Å²) in [5.41, 5.74) is 1.28. The number of carboxylic acid groups (broad SMARTS) is 2. The first-order valence-electron chi connectivity index (χ1n) is 10.1. The molecular weight excluding hydrogens is 450 g/mol. The van der Waals surface area contributed by atoms with Crippen molar-refractivity contribution in [1.82, 2.24) is 25.2 Å². The Hall–Kier alpha value is -3.51. The number of rotatable bonds is 10. The molecule has 1 unspecified atom stereocenters. The van der Waals surface area contributed by atoms with Crippen LogP contribution < -0.4 is 5.32 Å². The van der Waals surface area contributed by atoms with E-state index in [1.165, 1.54) is 11.3 Å². The van der Waals surface area contributed by atoms with Gasteiger partial charge >= 0.3 is 11.9 Å². The minimum absolute atomic E-state index is 0.130. The summed E-state index contributed by atoms with van der Waals surface area (Å²) in [6.07, 6.45) is 1.17. The Bertz CT molecular complexity index is 1190. The smallest absolute Gasteiger partial charge is 0.326 e. The van der Waals surface area contributed by atoms with Gasteiger partial charge in [0, 0.05) is 30.0 Å². The van der Waals surface area contributed by atoms with Crippen LogP contribution in [0.3, 0.4) is 0 Å². The van der Waals surface area contributed by atoms with E-state index in [1.54, 1.807) is 25.3 Å². The van der Waals surface area contributed by atoms with Crippen LogP contribution in [0.15, 0.2) is 18.3 Å². The first-order valence-corrected chi connectivity index (χ1v) is 10.9. The van der Waals surface area contributed by atoms with Crippen molar-refractivity contribution in [2.24, 2.45) is 0 Å². The lowest BCUT2D eigenvalue weighted by Crippen LogP contribution is -2.40. The SMILES string of the molecule is Cc1nc(O)c2c(C(CN(C)C)c3ccc(C(=O)N[C@@H](CCC(=O)O)C(=O)O)s3)c[nH]c2n1. The second-order valence-corrected chi connectivity index (χ2v) is 8.99. The molecule has 3 heterocycles. The van der Waals surface area contributed by atoms with E-state index >= 15 is 0 Å². The number of carbonyl (C=O) groups is 3. The van der Waals surface area contributed by atoms with Crippen molar-refractivity contribution in [3.8, 4) is 5.88 Å². The maximum absolute atomic E-state index is 12.7. The lowest BCUT2D eigenvalue weighted by molar-refractivity contribution is -0.140. The van der Waals surface area contributed by atoms with Gasteiger partial charge in [-0.2, -0.15) is 4.98 Å². The van der Waals surface area contributed by atoms with Crippen LogP contribution in [0.5, 0.6) is 5.88 Å². The van der Waals surface area contributed by atoms with Gasteiger partial charge in [0.15, 0.2) is 0 Å². The van der Waals surface area contributed by atoms with Crippen LogP contribution in [0.25, 0.3) is 11.0 Å². The van der Waals surface area contributed by atoms with E-state index in [9.17, 15) is 24.6 Å². The number of aromatic nitrogens is 3. The Kier molecular flexibility index (Phi) is 7.29. The van der Waals surface area contributed by atoms with Crippen molar-refractivity contribution in [1.29, 1.82) is 0 Å². The molecule has 0 aromatic carbocycles. The third-order valence-corrected chi connectivity index (χ3v) is 6.22. The number of hydrogen-bond acceptors (Lipinski definition) is 8. The second kappa shape index (κ2) is 9.96. The van der Waals surface area contributed by atoms with Crippen molar-refractivity contribution < 1.29 is 29.7 Å². The van der Waals surface area contributed by atoms with Gasteiger partial charge in [-0.3, -0.25) is 9.59 Å².